The summed E-state index contributed by atoms with van der Waals surface area (Å²) in [5.74, 6) is 0.300. The standard InChI is InChI=1S/C17H20N2O/c18-11-17(14-5-7-16(20)8-6-14)19-10-9-13-3-1-2-4-15(13)12-19/h1-8,17,20H,9-12,18H2. The van der Waals surface area contributed by atoms with E-state index < -0.39 is 0 Å². The summed E-state index contributed by atoms with van der Waals surface area (Å²) < 4.78 is 0. The molecule has 1 heterocycles. The Kier molecular flexibility index (Phi) is 3.72. The van der Waals surface area contributed by atoms with Crippen LogP contribution >= 0.6 is 0 Å². The molecule has 3 N–H and O–H groups in total. The fourth-order valence-corrected chi connectivity index (χ4v) is 2.98. The van der Waals surface area contributed by atoms with E-state index in [4.69, 9.17) is 5.73 Å². The molecule has 3 rings (SSSR count). The third-order valence-corrected chi connectivity index (χ3v) is 4.10. The number of rotatable bonds is 3. The van der Waals surface area contributed by atoms with Crippen LogP contribution in [0.4, 0.5) is 0 Å². The average molecular weight is 268 g/mol. The molecule has 1 aliphatic heterocycles. The first-order valence-corrected chi connectivity index (χ1v) is 7.08. The molecule has 0 fully saturated rings. The fourth-order valence-electron chi connectivity index (χ4n) is 2.98. The van der Waals surface area contributed by atoms with E-state index in [1.54, 1.807) is 12.1 Å². The van der Waals surface area contributed by atoms with E-state index in [9.17, 15) is 5.11 Å². The van der Waals surface area contributed by atoms with Gasteiger partial charge in [-0.2, -0.15) is 0 Å². The molecule has 0 saturated carbocycles. The molecule has 20 heavy (non-hydrogen) atoms. The topological polar surface area (TPSA) is 49.5 Å². The highest BCUT2D eigenvalue weighted by molar-refractivity contribution is 5.31. The van der Waals surface area contributed by atoms with Crippen LogP contribution in [-0.4, -0.2) is 23.1 Å². The Morgan fingerprint density at radius 1 is 1.05 bits per heavy atom. The molecule has 0 bridgehead atoms. The molecule has 3 nitrogen and oxygen atoms in total. The molecular weight excluding hydrogens is 248 g/mol. The lowest BCUT2D eigenvalue weighted by Crippen LogP contribution is -2.37. The second kappa shape index (κ2) is 5.65. The third-order valence-electron chi connectivity index (χ3n) is 4.10. The lowest BCUT2D eigenvalue weighted by atomic mass is 9.96. The Hall–Kier alpha value is -1.84. The highest BCUT2D eigenvalue weighted by atomic mass is 16.3. The van der Waals surface area contributed by atoms with Gasteiger partial charge in [-0.1, -0.05) is 36.4 Å². The zero-order valence-corrected chi connectivity index (χ0v) is 11.5. The second-order valence-corrected chi connectivity index (χ2v) is 5.33. The Balaban J connectivity index is 1.83. The molecule has 1 atom stereocenters. The number of phenolic OH excluding ortho intramolecular Hbond substituents is 1. The predicted octanol–water partition coefficient (Wildman–Crippen LogP) is 2.45. The van der Waals surface area contributed by atoms with Gasteiger partial charge in [0.25, 0.3) is 0 Å². The number of fused-ring (bicyclic) bond motifs is 1. The molecule has 0 aliphatic carbocycles. The summed E-state index contributed by atoms with van der Waals surface area (Å²) in [6, 6.07) is 16.2. The number of hydrogen-bond acceptors (Lipinski definition) is 3. The predicted molar refractivity (Wildman–Crippen MR) is 80.5 cm³/mol. The number of nitrogens with two attached hydrogens (primary N) is 1. The van der Waals surface area contributed by atoms with Crippen molar-refractivity contribution in [3.63, 3.8) is 0 Å². The normalized spacial score (nSPS) is 16.6. The molecular formula is C17H20N2O. The van der Waals surface area contributed by atoms with Crippen molar-refractivity contribution in [3.05, 3.63) is 65.2 Å². The minimum Gasteiger partial charge on any atom is -0.508 e. The minimum atomic E-state index is 0.212. The molecule has 1 aliphatic rings. The maximum atomic E-state index is 9.41. The van der Waals surface area contributed by atoms with E-state index in [1.165, 1.54) is 16.7 Å². The number of phenols is 1. The van der Waals surface area contributed by atoms with Gasteiger partial charge in [-0.25, -0.2) is 0 Å². The molecule has 1 unspecified atom stereocenters. The number of hydrogen-bond donors (Lipinski definition) is 2. The first kappa shape index (κ1) is 13.2. The summed E-state index contributed by atoms with van der Waals surface area (Å²) in [5.41, 5.74) is 10.0. The molecule has 0 aromatic heterocycles. The third kappa shape index (κ3) is 2.55. The lowest BCUT2D eigenvalue weighted by Gasteiger charge is -2.35. The molecule has 0 amide bonds. The van der Waals surface area contributed by atoms with Gasteiger partial charge in [0.2, 0.25) is 0 Å². The van der Waals surface area contributed by atoms with Gasteiger partial charge in [0, 0.05) is 25.7 Å². The van der Waals surface area contributed by atoms with E-state index in [0.29, 0.717) is 12.3 Å². The summed E-state index contributed by atoms with van der Waals surface area (Å²) in [4.78, 5) is 2.43. The van der Waals surface area contributed by atoms with Crippen LogP contribution in [0, 0.1) is 0 Å². The lowest BCUT2D eigenvalue weighted by molar-refractivity contribution is 0.183. The quantitative estimate of drug-likeness (QED) is 0.899. The van der Waals surface area contributed by atoms with Crippen LogP contribution in [0.25, 0.3) is 0 Å². The van der Waals surface area contributed by atoms with Crippen LogP contribution in [0.2, 0.25) is 0 Å². The fraction of sp³-hybridized carbons (Fsp3) is 0.294. The molecule has 0 radical (unpaired) electrons. The molecule has 2 aromatic rings. The highest BCUT2D eigenvalue weighted by Crippen LogP contribution is 2.28. The van der Waals surface area contributed by atoms with Crippen molar-refractivity contribution >= 4 is 0 Å². The molecule has 104 valence electrons. The Morgan fingerprint density at radius 2 is 1.75 bits per heavy atom. The summed E-state index contributed by atoms with van der Waals surface area (Å²) in [6.45, 7) is 2.56. The number of nitrogens with zero attached hydrogens (tertiary/aromatic N) is 1. The second-order valence-electron chi connectivity index (χ2n) is 5.33. The van der Waals surface area contributed by atoms with Gasteiger partial charge < -0.3 is 10.8 Å². The van der Waals surface area contributed by atoms with Crippen molar-refractivity contribution in [1.29, 1.82) is 0 Å². The van der Waals surface area contributed by atoms with Crippen molar-refractivity contribution in [2.45, 2.75) is 19.0 Å². The van der Waals surface area contributed by atoms with Crippen molar-refractivity contribution in [2.75, 3.05) is 13.1 Å². The molecule has 3 heteroatoms. The van der Waals surface area contributed by atoms with Crippen LogP contribution in [0.5, 0.6) is 5.75 Å². The maximum Gasteiger partial charge on any atom is 0.115 e. The van der Waals surface area contributed by atoms with Crippen LogP contribution in [-0.2, 0) is 13.0 Å². The van der Waals surface area contributed by atoms with Gasteiger partial charge in [0.15, 0.2) is 0 Å². The van der Waals surface area contributed by atoms with Crippen LogP contribution in [0.1, 0.15) is 22.7 Å². The zero-order chi connectivity index (χ0) is 13.9. The van der Waals surface area contributed by atoms with E-state index in [0.717, 1.165) is 19.5 Å². The van der Waals surface area contributed by atoms with E-state index in [-0.39, 0.29) is 6.04 Å². The average Bonchev–Trinajstić information content (AvgIpc) is 2.50. The van der Waals surface area contributed by atoms with Gasteiger partial charge in [-0.05, 0) is 35.2 Å². The van der Waals surface area contributed by atoms with Crippen molar-refractivity contribution in [3.8, 4) is 5.75 Å². The Labute approximate surface area is 119 Å². The maximum absolute atomic E-state index is 9.41. The summed E-state index contributed by atoms with van der Waals surface area (Å²) in [5, 5.41) is 9.41. The summed E-state index contributed by atoms with van der Waals surface area (Å²) in [6.07, 6.45) is 1.07. The van der Waals surface area contributed by atoms with Crippen molar-refractivity contribution in [2.24, 2.45) is 5.73 Å². The first-order valence-electron chi connectivity index (χ1n) is 7.08. The largest absolute Gasteiger partial charge is 0.508 e. The molecule has 0 saturated heterocycles. The van der Waals surface area contributed by atoms with Crippen LogP contribution in [0.3, 0.4) is 0 Å². The molecule has 2 aromatic carbocycles. The van der Waals surface area contributed by atoms with E-state index in [1.807, 2.05) is 12.1 Å². The van der Waals surface area contributed by atoms with Gasteiger partial charge in [-0.3, -0.25) is 4.90 Å². The van der Waals surface area contributed by atoms with Gasteiger partial charge in [-0.15, -0.1) is 0 Å². The minimum absolute atomic E-state index is 0.212. The van der Waals surface area contributed by atoms with Crippen molar-refractivity contribution in [1.82, 2.24) is 4.90 Å². The summed E-state index contributed by atoms with van der Waals surface area (Å²) in [7, 11) is 0. The number of aromatic hydroxyl groups is 1. The Bertz CT molecular complexity index is 580. The van der Waals surface area contributed by atoms with Crippen LogP contribution in [0.15, 0.2) is 48.5 Å². The zero-order valence-electron chi connectivity index (χ0n) is 11.5. The monoisotopic (exact) mass is 268 g/mol. The first-order chi connectivity index (χ1) is 9.78. The van der Waals surface area contributed by atoms with Gasteiger partial charge in [0.05, 0.1) is 0 Å². The number of benzene rings is 2. The molecule has 0 spiro atoms. The van der Waals surface area contributed by atoms with Gasteiger partial charge >= 0.3 is 0 Å². The highest BCUT2D eigenvalue weighted by Gasteiger charge is 2.23. The van der Waals surface area contributed by atoms with Gasteiger partial charge in [0.1, 0.15) is 5.75 Å². The van der Waals surface area contributed by atoms with Crippen molar-refractivity contribution < 1.29 is 5.11 Å². The Morgan fingerprint density at radius 3 is 2.45 bits per heavy atom. The summed E-state index contributed by atoms with van der Waals surface area (Å²) >= 11 is 0. The smallest absolute Gasteiger partial charge is 0.115 e. The van der Waals surface area contributed by atoms with E-state index in [2.05, 4.69) is 29.2 Å². The van der Waals surface area contributed by atoms with Crippen LogP contribution < -0.4 is 5.73 Å². The SMILES string of the molecule is NCC(c1ccc(O)cc1)N1CCc2ccccc2C1. The van der Waals surface area contributed by atoms with E-state index >= 15 is 0 Å².